The summed E-state index contributed by atoms with van der Waals surface area (Å²) < 4.78 is 10.6. The van der Waals surface area contributed by atoms with E-state index in [1.807, 2.05) is 0 Å². The molecule has 18 heavy (non-hydrogen) atoms. The average Bonchev–Trinajstić information content (AvgIpc) is 2.56. The molecule has 1 aliphatic heterocycles. The molecule has 1 saturated heterocycles. The van der Waals surface area contributed by atoms with E-state index in [4.69, 9.17) is 5.11 Å². The number of hydrogen-bond donors (Lipinski definition) is 1. The van der Waals surface area contributed by atoms with E-state index in [2.05, 4.69) is 0 Å². The van der Waals surface area contributed by atoms with Gasteiger partial charge in [-0.1, -0.05) is 12.8 Å². The van der Waals surface area contributed by atoms with E-state index < -0.39 is 21.5 Å². The Morgan fingerprint density at radius 3 is 2.11 bits per heavy atom. The first-order valence-electron chi connectivity index (χ1n) is 6.25. The number of amides is 1. The lowest BCUT2D eigenvalue weighted by molar-refractivity contribution is -0.139. The zero-order chi connectivity index (χ0) is 13.8. The van der Waals surface area contributed by atoms with Crippen LogP contribution in [-0.2, 0) is 20.4 Å². The molecular weight excluding hydrogens is 254 g/mol. The Morgan fingerprint density at radius 1 is 1.17 bits per heavy atom. The van der Waals surface area contributed by atoms with Crippen LogP contribution in [0.15, 0.2) is 0 Å². The maximum absolute atomic E-state index is 12.0. The van der Waals surface area contributed by atoms with Crippen molar-refractivity contribution in [3.05, 3.63) is 0 Å². The van der Waals surface area contributed by atoms with Gasteiger partial charge >= 0.3 is 5.97 Å². The van der Waals surface area contributed by atoms with E-state index in [1.165, 1.54) is 13.8 Å². The van der Waals surface area contributed by atoms with Gasteiger partial charge in [0.1, 0.15) is 10.5 Å². The van der Waals surface area contributed by atoms with Gasteiger partial charge in [0.05, 0.1) is 0 Å². The van der Waals surface area contributed by atoms with E-state index in [0.717, 1.165) is 25.7 Å². The molecule has 0 aromatic rings. The molecule has 0 aromatic carbocycles. The summed E-state index contributed by atoms with van der Waals surface area (Å²) in [5.74, 6) is -1.52. The quantitative estimate of drug-likeness (QED) is 0.830. The van der Waals surface area contributed by atoms with Crippen LogP contribution in [0, 0.1) is 0 Å². The van der Waals surface area contributed by atoms with Crippen LogP contribution >= 0.6 is 0 Å². The smallest absolute Gasteiger partial charge is 0.321 e. The number of carbonyl (C=O) groups excluding carboxylic acids is 1. The first kappa shape index (κ1) is 15.1. The van der Waals surface area contributed by atoms with Crippen LogP contribution in [0.2, 0.25) is 0 Å². The molecule has 104 valence electrons. The average molecular weight is 275 g/mol. The number of nitrogens with zero attached hydrogens (tertiary/aromatic N) is 1. The molecule has 0 radical (unpaired) electrons. The van der Waals surface area contributed by atoms with Crippen molar-refractivity contribution in [2.75, 3.05) is 18.8 Å². The van der Waals surface area contributed by atoms with Crippen molar-refractivity contribution < 1.29 is 18.9 Å². The molecule has 0 saturated carbocycles. The largest absolute Gasteiger partial charge is 0.480 e. The Bertz CT molecular complexity index is 346. The second kappa shape index (κ2) is 6.31. The fraction of sp³-hybridized carbons (Fsp3) is 0.833. The molecule has 0 aliphatic carbocycles. The molecule has 1 unspecified atom stereocenters. The van der Waals surface area contributed by atoms with Crippen molar-refractivity contribution >= 4 is 22.7 Å². The molecule has 1 N–H and O–H groups in total. The predicted octanol–water partition coefficient (Wildman–Crippen LogP) is 1.00. The number of carboxylic acid groups (broad SMARTS) is 1. The number of likely N-dealkylation sites (tertiary alicyclic amines) is 1. The van der Waals surface area contributed by atoms with Crippen molar-refractivity contribution in [2.24, 2.45) is 0 Å². The number of hydrogen-bond acceptors (Lipinski definition) is 3. The third-order valence-corrected chi connectivity index (χ3v) is 5.12. The SMILES string of the molecule is CC(C)(C(=O)O)S(=O)CC(=O)N1CCCCCC1. The van der Waals surface area contributed by atoms with Gasteiger partial charge in [-0.25, -0.2) is 0 Å². The molecule has 5 nitrogen and oxygen atoms in total. The van der Waals surface area contributed by atoms with Gasteiger partial charge in [0, 0.05) is 23.9 Å². The molecule has 1 heterocycles. The summed E-state index contributed by atoms with van der Waals surface area (Å²) in [6.45, 7) is 4.18. The lowest BCUT2D eigenvalue weighted by Gasteiger charge is -2.23. The van der Waals surface area contributed by atoms with Crippen molar-refractivity contribution in [1.82, 2.24) is 4.90 Å². The fourth-order valence-electron chi connectivity index (χ4n) is 1.80. The highest BCUT2D eigenvalue weighted by atomic mass is 32.2. The second-order valence-corrected chi connectivity index (χ2v) is 7.10. The highest BCUT2D eigenvalue weighted by Crippen LogP contribution is 2.15. The second-order valence-electron chi connectivity index (χ2n) is 5.10. The predicted molar refractivity (Wildman–Crippen MR) is 69.8 cm³/mol. The molecule has 0 spiro atoms. The van der Waals surface area contributed by atoms with Crippen LogP contribution in [-0.4, -0.2) is 49.7 Å². The Kier molecular flexibility index (Phi) is 5.31. The van der Waals surface area contributed by atoms with E-state index >= 15 is 0 Å². The van der Waals surface area contributed by atoms with Crippen LogP contribution in [0.3, 0.4) is 0 Å². The first-order valence-corrected chi connectivity index (χ1v) is 7.57. The monoisotopic (exact) mass is 275 g/mol. The summed E-state index contributed by atoms with van der Waals surface area (Å²) in [7, 11) is -1.69. The van der Waals surface area contributed by atoms with Gasteiger partial charge < -0.3 is 10.0 Å². The third-order valence-electron chi connectivity index (χ3n) is 3.30. The van der Waals surface area contributed by atoms with Gasteiger partial charge in [0.15, 0.2) is 0 Å². The maximum Gasteiger partial charge on any atom is 0.321 e. The zero-order valence-electron chi connectivity index (χ0n) is 11.0. The van der Waals surface area contributed by atoms with Crippen molar-refractivity contribution in [1.29, 1.82) is 0 Å². The number of carbonyl (C=O) groups is 2. The zero-order valence-corrected chi connectivity index (χ0v) is 11.8. The summed E-state index contributed by atoms with van der Waals surface area (Å²) in [4.78, 5) is 24.6. The topological polar surface area (TPSA) is 74.7 Å². The van der Waals surface area contributed by atoms with Crippen molar-refractivity contribution in [3.63, 3.8) is 0 Å². The standard InChI is InChI=1S/C12H21NO4S/c1-12(2,11(15)16)18(17)9-10(14)13-7-5-3-4-6-8-13/h3-9H2,1-2H3,(H,15,16). The lowest BCUT2D eigenvalue weighted by Crippen LogP contribution is -2.43. The molecule has 0 bridgehead atoms. The normalized spacial score (nSPS) is 19.1. The molecule has 0 aromatic heterocycles. The molecule has 6 heteroatoms. The van der Waals surface area contributed by atoms with Gasteiger partial charge in [-0.05, 0) is 26.7 Å². The molecular formula is C12H21NO4S. The van der Waals surface area contributed by atoms with Crippen molar-refractivity contribution in [3.8, 4) is 0 Å². The fourth-order valence-corrected chi connectivity index (χ4v) is 2.76. The molecule has 1 aliphatic rings. The number of rotatable bonds is 4. The van der Waals surface area contributed by atoms with Crippen LogP contribution in [0.1, 0.15) is 39.5 Å². The summed E-state index contributed by atoms with van der Waals surface area (Å²) in [6.07, 6.45) is 4.18. The Labute approximate surface area is 110 Å². The minimum absolute atomic E-state index is 0.190. The lowest BCUT2D eigenvalue weighted by atomic mass is 10.2. The molecule has 1 atom stereocenters. The van der Waals surface area contributed by atoms with Gasteiger partial charge in [0.25, 0.3) is 0 Å². The van der Waals surface area contributed by atoms with Crippen LogP contribution < -0.4 is 0 Å². The molecule has 1 amide bonds. The maximum atomic E-state index is 12.0. The van der Waals surface area contributed by atoms with E-state index in [1.54, 1.807) is 4.90 Å². The number of carboxylic acids is 1. The van der Waals surface area contributed by atoms with Crippen LogP contribution in [0.5, 0.6) is 0 Å². The van der Waals surface area contributed by atoms with Crippen LogP contribution in [0.25, 0.3) is 0 Å². The van der Waals surface area contributed by atoms with Gasteiger partial charge in [0.2, 0.25) is 5.91 Å². The van der Waals surface area contributed by atoms with Crippen LogP contribution in [0.4, 0.5) is 0 Å². The third kappa shape index (κ3) is 3.80. The summed E-state index contributed by atoms with van der Waals surface area (Å²) in [5.41, 5.74) is 0. The Balaban J connectivity index is 2.58. The Morgan fingerprint density at radius 2 is 1.67 bits per heavy atom. The Hall–Kier alpha value is -0.910. The van der Waals surface area contributed by atoms with Gasteiger partial charge in [-0.2, -0.15) is 0 Å². The summed E-state index contributed by atoms with van der Waals surface area (Å²) in [5, 5.41) is 8.96. The van der Waals surface area contributed by atoms with Crippen molar-refractivity contribution in [2.45, 2.75) is 44.3 Å². The van der Waals surface area contributed by atoms with E-state index in [-0.39, 0.29) is 11.7 Å². The summed E-state index contributed by atoms with van der Waals surface area (Å²) in [6, 6.07) is 0. The molecule has 1 rings (SSSR count). The first-order chi connectivity index (χ1) is 8.35. The summed E-state index contributed by atoms with van der Waals surface area (Å²) >= 11 is 0. The highest BCUT2D eigenvalue weighted by molar-refractivity contribution is 7.87. The highest BCUT2D eigenvalue weighted by Gasteiger charge is 2.36. The van der Waals surface area contributed by atoms with Gasteiger partial charge in [-0.15, -0.1) is 0 Å². The van der Waals surface area contributed by atoms with Gasteiger partial charge in [-0.3, -0.25) is 13.8 Å². The minimum atomic E-state index is -1.69. The van der Waals surface area contributed by atoms with E-state index in [9.17, 15) is 13.8 Å². The van der Waals surface area contributed by atoms with E-state index in [0.29, 0.717) is 13.1 Å². The number of aliphatic carboxylic acids is 1. The molecule has 1 fully saturated rings. The minimum Gasteiger partial charge on any atom is -0.480 e.